The van der Waals surface area contributed by atoms with Crippen LogP contribution in [0.15, 0.2) is 30.5 Å². The highest BCUT2D eigenvalue weighted by Gasteiger charge is 2.26. The fraction of sp³-hybridized carbons (Fsp3) is 0.412. The number of rotatable bonds is 6. The third kappa shape index (κ3) is 2.97. The van der Waals surface area contributed by atoms with Crippen molar-refractivity contribution in [1.29, 1.82) is 0 Å². The zero-order chi connectivity index (χ0) is 16.4. The van der Waals surface area contributed by atoms with Gasteiger partial charge in [0, 0.05) is 41.7 Å². The Bertz CT molecular complexity index is 814. The molecule has 24 heavy (non-hydrogen) atoms. The molecule has 0 amide bonds. The minimum absolute atomic E-state index is 0.183. The molecular weight excluding hydrogens is 322 g/mol. The van der Waals surface area contributed by atoms with E-state index in [4.69, 9.17) is 0 Å². The second-order valence-corrected chi connectivity index (χ2v) is 6.84. The largest absolute Gasteiger partial charge is 0.394 e. The number of aromatic amines is 1. The van der Waals surface area contributed by atoms with Crippen molar-refractivity contribution < 1.29 is 5.11 Å². The van der Waals surface area contributed by atoms with E-state index >= 15 is 0 Å². The van der Waals surface area contributed by atoms with Crippen LogP contribution in [0.1, 0.15) is 18.4 Å². The summed E-state index contributed by atoms with van der Waals surface area (Å²) in [6.45, 7) is 1.93. The number of aliphatic hydroxyl groups is 1. The zero-order valence-electron chi connectivity index (χ0n) is 13.4. The van der Waals surface area contributed by atoms with Crippen molar-refractivity contribution in [2.24, 2.45) is 0 Å². The van der Waals surface area contributed by atoms with Crippen LogP contribution in [0.2, 0.25) is 0 Å². The fourth-order valence-corrected chi connectivity index (χ4v) is 4.07. The molecule has 3 heterocycles. The smallest absolute Gasteiger partial charge is 0.236 e. The van der Waals surface area contributed by atoms with Gasteiger partial charge in [-0.05, 0) is 30.9 Å². The second kappa shape index (κ2) is 6.78. The Labute approximate surface area is 144 Å². The molecule has 7 heteroatoms. The van der Waals surface area contributed by atoms with Crippen molar-refractivity contribution in [2.45, 2.75) is 25.3 Å². The summed E-state index contributed by atoms with van der Waals surface area (Å²) >= 11 is 1.40. The number of fused-ring (bicyclic) bond motifs is 1. The lowest BCUT2D eigenvalue weighted by Gasteiger charge is -2.21. The van der Waals surface area contributed by atoms with Gasteiger partial charge in [-0.3, -0.25) is 0 Å². The molecule has 1 fully saturated rings. The molecule has 0 aliphatic carbocycles. The number of anilines is 2. The molecule has 2 aromatic heterocycles. The van der Waals surface area contributed by atoms with Gasteiger partial charge in [-0.2, -0.15) is 9.36 Å². The van der Waals surface area contributed by atoms with E-state index in [2.05, 4.69) is 49.0 Å². The summed E-state index contributed by atoms with van der Waals surface area (Å²) in [5, 5.41) is 14.9. The molecule has 3 N–H and O–H groups in total. The van der Waals surface area contributed by atoms with Crippen LogP contribution in [-0.2, 0) is 6.42 Å². The van der Waals surface area contributed by atoms with Gasteiger partial charge in [-0.1, -0.05) is 18.2 Å². The number of benzene rings is 1. The Morgan fingerprint density at radius 3 is 3.21 bits per heavy atom. The Morgan fingerprint density at radius 1 is 1.38 bits per heavy atom. The lowest BCUT2D eigenvalue weighted by Crippen LogP contribution is -2.31. The molecule has 0 bridgehead atoms. The molecule has 0 saturated carbocycles. The average Bonchev–Trinajstić information content (AvgIpc) is 3.34. The van der Waals surface area contributed by atoms with Crippen LogP contribution in [0, 0.1) is 0 Å². The summed E-state index contributed by atoms with van der Waals surface area (Å²) < 4.78 is 4.40. The third-order valence-electron chi connectivity index (χ3n) is 4.60. The summed E-state index contributed by atoms with van der Waals surface area (Å²) in [4.78, 5) is 10.0. The van der Waals surface area contributed by atoms with Gasteiger partial charge in [-0.15, -0.1) is 0 Å². The van der Waals surface area contributed by atoms with Crippen LogP contribution in [0.5, 0.6) is 0 Å². The Hall–Kier alpha value is -2.12. The molecule has 0 spiro atoms. The van der Waals surface area contributed by atoms with E-state index in [1.165, 1.54) is 28.0 Å². The quantitative estimate of drug-likeness (QED) is 0.641. The maximum absolute atomic E-state index is 9.43. The van der Waals surface area contributed by atoms with E-state index in [-0.39, 0.29) is 12.6 Å². The van der Waals surface area contributed by atoms with Crippen molar-refractivity contribution in [2.75, 3.05) is 29.9 Å². The topological polar surface area (TPSA) is 77.1 Å². The van der Waals surface area contributed by atoms with Crippen LogP contribution in [-0.4, -0.2) is 45.2 Å². The Balaban J connectivity index is 1.37. The molecule has 6 nitrogen and oxygen atoms in total. The summed E-state index contributed by atoms with van der Waals surface area (Å²) in [7, 11) is 0. The van der Waals surface area contributed by atoms with Gasteiger partial charge in [0.15, 0.2) is 0 Å². The second-order valence-electron chi connectivity index (χ2n) is 6.11. The maximum Gasteiger partial charge on any atom is 0.236 e. The van der Waals surface area contributed by atoms with Gasteiger partial charge in [0.1, 0.15) is 0 Å². The Morgan fingerprint density at radius 2 is 2.29 bits per heavy atom. The molecular formula is C17H21N5OS. The van der Waals surface area contributed by atoms with E-state index in [1.807, 2.05) is 6.07 Å². The Kier molecular flexibility index (Phi) is 4.36. The van der Waals surface area contributed by atoms with Gasteiger partial charge < -0.3 is 20.3 Å². The lowest BCUT2D eigenvalue weighted by molar-refractivity contribution is 0.266. The molecule has 3 aromatic rings. The number of nitrogens with zero attached hydrogens (tertiary/aromatic N) is 3. The highest BCUT2D eigenvalue weighted by Crippen LogP contribution is 2.28. The summed E-state index contributed by atoms with van der Waals surface area (Å²) in [6, 6.07) is 8.53. The maximum atomic E-state index is 9.43. The summed E-state index contributed by atoms with van der Waals surface area (Å²) in [6.07, 6.45) is 5.12. The normalized spacial score (nSPS) is 17.7. The lowest BCUT2D eigenvalue weighted by atomic mass is 10.1. The highest BCUT2D eigenvalue weighted by atomic mass is 32.1. The van der Waals surface area contributed by atoms with Crippen LogP contribution < -0.4 is 10.2 Å². The van der Waals surface area contributed by atoms with Crippen LogP contribution in [0.25, 0.3) is 10.9 Å². The predicted molar refractivity (Wildman–Crippen MR) is 97.9 cm³/mol. The molecule has 1 atom stereocenters. The van der Waals surface area contributed by atoms with Gasteiger partial charge in [-0.25, -0.2) is 0 Å². The number of H-pyrrole nitrogens is 1. The van der Waals surface area contributed by atoms with Crippen molar-refractivity contribution in [1.82, 2.24) is 14.3 Å². The molecule has 1 aliphatic heterocycles. The first-order valence-corrected chi connectivity index (χ1v) is 9.12. The first kappa shape index (κ1) is 15.4. The van der Waals surface area contributed by atoms with Crippen LogP contribution >= 0.6 is 11.5 Å². The summed E-state index contributed by atoms with van der Waals surface area (Å²) in [5.74, 6) is 0.679. The molecule has 126 valence electrons. The van der Waals surface area contributed by atoms with E-state index in [1.54, 1.807) is 0 Å². The number of hydrogen-bond donors (Lipinski definition) is 3. The molecule has 1 saturated heterocycles. The monoisotopic (exact) mass is 343 g/mol. The molecule has 1 aromatic carbocycles. The van der Waals surface area contributed by atoms with E-state index in [9.17, 15) is 5.11 Å². The fourth-order valence-electron chi connectivity index (χ4n) is 3.33. The third-order valence-corrected chi connectivity index (χ3v) is 5.35. The zero-order valence-corrected chi connectivity index (χ0v) is 14.2. The van der Waals surface area contributed by atoms with Gasteiger partial charge >= 0.3 is 0 Å². The minimum Gasteiger partial charge on any atom is -0.394 e. The van der Waals surface area contributed by atoms with Crippen molar-refractivity contribution in [3.63, 3.8) is 0 Å². The molecule has 1 aliphatic rings. The number of aliphatic hydroxyl groups excluding tert-OH is 1. The molecule has 0 radical (unpaired) electrons. The van der Waals surface area contributed by atoms with E-state index in [0.717, 1.165) is 37.5 Å². The number of nitrogens with one attached hydrogen (secondary N) is 2. The standard InChI is InChI=1S/C17H21N5OS/c23-11-13-4-3-9-22(13)17-20-16(21-24-17)18-8-7-12-10-19-15-6-2-1-5-14(12)15/h1-2,5-6,10,13,19,23H,3-4,7-9,11H2,(H,18,21). The SMILES string of the molecule is OCC1CCCN1c1nc(NCCc2c[nH]c3ccccc23)ns1. The summed E-state index contributed by atoms with van der Waals surface area (Å²) in [5.41, 5.74) is 2.47. The van der Waals surface area contributed by atoms with E-state index in [0.29, 0.717) is 5.95 Å². The number of aromatic nitrogens is 3. The van der Waals surface area contributed by atoms with Crippen molar-refractivity contribution in [3.05, 3.63) is 36.0 Å². The predicted octanol–water partition coefficient (Wildman–Crippen LogP) is 2.64. The van der Waals surface area contributed by atoms with Gasteiger partial charge in [0.05, 0.1) is 12.6 Å². The number of para-hydroxylation sites is 1. The minimum atomic E-state index is 0.183. The highest BCUT2D eigenvalue weighted by molar-refractivity contribution is 7.09. The van der Waals surface area contributed by atoms with Gasteiger partial charge in [0.25, 0.3) is 0 Å². The first-order valence-electron chi connectivity index (χ1n) is 8.35. The van der Waals surface area contributed by atoms with Gasteiger partial charge in [0.2, 0.25) is 11.1 Å². The average molecular weight is 343 g/mol. The van der Waals surface area contributed by atoms with Crippen molar-refractivity contribution >= 4 is 33.5 Å². The van der Waals surface area contributed by atoms with E-state index < -0.39 is 0 Å². The van der Waals surface area contributed by atoms with Crippen molar-refractivity contribution in [3.8, 4) is 0 Å². The van der Waals surface area contributed by atoms with Crippen LogP contribution in [0.4, 0.5) is 11.1 Å². The molecule has 4 rings (SSSR count). The molecule has 1 unspecified atom stereocenters. The van der Waals surface area contributed by atoms with Crippen LogP contribution in [0.3, 0.4) is 0 Å². The first-order chi connectivity index (χ1) is 11.8. The number of hydrogen-bond acceptors (Lipinski definition) is 6.